The fourth-order valence-corrected chi connectivity index (χ4v) is 3.77. The van der Waals surface area contributed by atoms with Gasteiger partial charge >= 0.3 is 6.18 Å². The van der Waals surface area contributed by atoms with E-state index >= 15 is 0 Å². The number of pyridine rings is 2. The monoisotopic (exact) mass is 506 g/mol. The number of nitrogens with two attached hydrogens (primary N) is 2. The molecule has 7 nitrogen and oxygen atoms in total. The number of anilines is 1. The number of fused-ring (bicyclic) bond motifs is 2. The van der Waals surface area contributed by atoms with Crippen molar-refractivity contribution in [2.24, 2.45) is 5.73 Å². The van der Waals surface area contributed by atoms with Crippen molar-refractivity contribution in [3.05, 3.63) is 65.1 Å². The van der Waals surface area contributed by atoms with E-state index in [9.17, 15) is 18.0 Å². The summed E-state index contributed by atoms with van der Waals surface area (Å²) in [6.07, 6.45) is 3.06. The number of amides is 1. The number of hydrogen-bond donors (Lipinski definition) is 3. The molecule has 1 aliphatic rings. The SMILES string of the molecule is CN1CCCCC1.NC(=O)c1ccnc2[nH]ccc12.Nc1cc(C(F)(F)F)nc2ccc(Cl)cc12. The van der Waals surface area contributed by atoms with Crippen LogP contribution in [-0.4, -0.2) is 45.9 Å². The number of nitrogens with zero attached hydrogens (tertiary/aromatic N) is 3. The van der Waals surface area contributed by atoms with Crippen LogP contribution in [0.2, 0.25) is 5.02 Å². The van der Waals surface area contributed by atoms with Crippen molar-refractivity contribution in [1.82, 2.24) is 19.9 Å². The average molecular weight is 507 g/mol. The van der Waals surface area contributed by atoms with Gasteiger partial charge in [0.1, 0.15) is 11.3 Å². The van der Waals surface area contributed by atoms with E-state index in [2.05, 4.69) is 26.9 Å². The first-order valence-corrected chi connectivity index (χ1v) is 11.3. The third-order valence-corrected chi connectivity index (χ3v) is 5.63. The maximum atomic E-state index is 12.4. The molecule has 0 aliphatic carbocycles. The van der Waals surface area contributed by atoms with Gasteiger partial charge in [-0.2, -0.15) is 13.2 Å². The van der Waals surface area contributed by atoms with Crippen LogP contribution >= 0.6 is 11.6 Å². The highest BCUT2D eigenvalue weighted by atomic mass is 35.5. The van der Waals surface area contributed by atoms with Gasteiger partial charge in [0.15, 0.2) is 0 Å². The molecule has 0 bridgehead atoms. The van der Waals surface area contributed by atoms with E-state index in [1.807, 2.05) is 0 Å². The van der Waals surface area contributed by atoms with E-state index < -0.39 is 17.8 Å². The Morgan fingerprint density at radius 1 is 1.09 bits per heavy atom. The fourth-order valence-electron chi connectivity index (χ4n) is 3.60. The molecule has 0 spiro atoms. The molecular formula is C24H26ClF3N6O. The van der Waals surface area contributed by atoms with Gasteiger partial charge in [0.05, 0.1) is 11.1 Å². The van der Waals surface area contributed by atoms with Gasteiger partial charge in [-0.05, 0) is 69.4 Å². The molecular weight excluding hydrogens is 481 g/mol. The molecule has 0 atom stereocenters. The zero-order valence-corrected chi connectivity index (χ0v) is 19.8. The normalized spacial score (nSPS) is 14.1. The van der Waals surface area contributed by atoms with Crippen LogP contribution in [0.3, 0.4) is 0 Å². The summed E-state index contributed by atoms with van der Waals surface area (Å²) in [5.41, 5.74) is 11.1. The van der Waals surface area contributed by atoms with Gasteiger partial charge in [0.2, 0.25) is 5.91 Å². The molecule has 5 N–H and O–H groups in total. The quantitative estimate of drug-likeness (QED) is 0.326. The van der Waals surface area contributed by atoms with E-state index in [1.165, 1.54) is 50.6 Å². The molecule has 0 radical (unpaired) electrons. The van der Waals surface area contributed by atoms with Crippen molar-refractivity contribution >= 4 is 45.1 Å². The Labute approximate surface area is 205 Å². The minimum Gasteiger partial charge on any atom is -0.398 e. The number of piperidine rings is 1. The maximum Gasteiger partial charge on any atom is 0.433 e. The number of alkyl halides is 3. The van der Waals surface area contributed by atoms with Crippen LogP contribution < -0.4 is 11.5 Å². The van der Waals surface area contributed by atoms with Crippen LogP contribution in [-0.2, 0) is 6.18 Å². The van der Waals surface area contributed by atoms with E-state index in [-0.39, 0.29) is 11.2 Å². The largest absolute Gasteiger partial charge is 0.433 e. The number of primary amides is 1. The van der Waals surface area contributed by atoms with E-state index in [0.717, 1.165) is 11.5 Å². The van der Waals surface area contributed by atoms with Gasteiger partial charge in [0.25, 0.3) is 0 Å². The number of benzene rings is 1. The maximum absolute atomic E-state index is 12.4. The summed E-state index contributed by atoms with van der Waals surface area (Å²) >= 11 is 5.71. The predicted molar refractivity (Wildman–Crippen MR) is 132 cm³/mol. The summed E-state index contributed by atoms with van der Waals surface area (Å²) in [6, 6.07) is 8.55. The lowest BCUT2D eigenvalue weighted by Crippen LogP contribution is -2.24. The molecule has 5 rings (SSSR count). The van der Waals surface area contributed by atoms with Gasteiger partial charge in [-0.25, -0.2) is 9.97 Å². The molecule has 3 aromatic heterocycles. The number of aromatic amines is 1. The summed E-state index contributed by atoms with van der Waals surface area (Å²) in [5, 5.41) is 1.59. The summed E-state index contributed by atoms with van der Waals surface area (Å²) < 4.78 is 37.3. The average Bonchev–Trinajstić information content (AvgIpc) is 3.29. The Bertz CT molecular complexity index is 1300. The van der Waals surface area contributed by atoms with Crippen molar-refractivity contribution in [3.8, 4) is 0 Å². The molecule has 1 aliphatic heterocycles. The number of rotatable bonds is 1. The first kappa shape index (κ1) is 26.2. The van der Waals surface area contributed by atoms with Crippen LogP contribution in [0.25, 0.3) is 21.9 Å². The Balaban J connectivity index is 0.000000158. The summed E-state index contributed by atoms with van der Waals surface area (Å²) in [6.45, 7) is 2.64. The number of carbonyl (C=O) groups excluding carboxylic acids is 1. The third kappa shape index (κ3) is 7.06. The number of carbonyl (C=O) groups is 1. The Morgan fingerprint density at radius 3 is 2.40 bits per heavy atom. The third-order valence-electron chi connectivity index (χ3n) is 5.40. The Hall–Kier alpha value is -3.37. The number of nitrogens with one attached hydrogen (secondary N) is 1. The number of nitrogen functional groups attached to an aromatic ring is 1. The van der Waals surface area contributed by atoms with E-state index in [1.54, 1.807) is 24.5 Å². The van der Waals surface area contributed by atoms with Crippen molar-refractivity contribution in [2.75, 3.05) is 25.9 Å². The lowest BCUT2D eigenvalue weighted by molar-refractivity contribution is -0.140. The van der Waals surface area contributed by atoms with Crippen molar-refractivity contribution < 1.29 is 18.0 Å². The van der Waals surface area contributed by atoms with Gasteiger partial charge in [-0.1, -0.05) is 18.0 Å². The molecule has 4 aromatic rings. The molecule has 11 heteroatoms. The molecule has 1 fully saturated rings. The minimum absolute atomic E-state index is 0.0137. The lowest BCUT2D eigenvalue weighted by Gasteiger charge is -2.20. The number of aromatic nitrogens is 3. The fraction of sp³-hybridized carbons (Fsp3) is 0.292. The van der Waals surface area contributed by atoms with Crippen LogP contribution in [0.15, 0.2) is 48.8 Å². The highest BCUT2D eigenvalue weighted by Gasteiger charge is 2.33. The molecule has 1 saturated heterocycles. The molecule has 0 saturated carbocycles. The second kappa shape index (κ2) is 11.4. The van der Waals surface area contributed by atoms with Gasteiger partial charge in [-0.3, -0.25) is 4.79 Å². The van der Waals surface area contributed by atoms with Crippen LogP contribution in [0.5, 0.6) is 0 Å². The van der Waals surface area contributed by atoms with Crippen molar-refractivity contribution in [2.45, 2.75) is 25.4 Å². The predicted octanol–water partition coefficient (Wildman–Crippen LogP) is 5.25. The van der Waals surface area contributed by atoms with Crippen LogP contribution in [0.4, 0.5) is 18.9 Å². The Morgan fingerprint density at radius 2 is 1.80 bits per heavy atom. The topological polar surface area (TPSA) is 114 Å². The number of halogens is 4. The number of hydrogen-bond acceptors (Lipinski definition) is 5. The van der Waals surface area contributed by atoms with Crippen molar-refractivity contribution in [1.29, 1.82) is 0 Å². The molecule has 186 valence electrons. The molecule has 4 heterocycles. The summed E-state index contributed by atoms with van der Waals surface area (Å²) in [4.78, 5) is 23.7. The molecule has 1 aromatic carbocycles. The van der Waals surface area contributed by atoms with E-state index in [4.69, 9.17) is 23.1 Å². The van der Waals surface area contributed by atoms with Gasteiger partial charge in [-0.15, -0.1) is 0 Å². The molecule has 1 amide bonds. The zero-order chi connectivity index (χ0) is 25.6. The zero-order valence-electron chi connectivity index (χ0n) is 19.1. The minimum atomic E-state index is -4.50. The van der Waals surface area contributed by atoms with E-state index in [0.29, 0.717) is 21.6 Å². The standard InChI is InChI=1S/C10H6ClF3N2.C8H7N3O.C6H13N/c11-5-1-2-8-6(3-5)7(15)4-9(16-8)10(12,13)14;9-7(12)5-1-3-10-8-6(5)2-4-11-8;1-7-5-3-2-4-6-7/h1-4H,(H2,15,16);1-4H,(H2,9,12)(H,10,11);2-6H2,1H3. The second-order valence-electron chi connectivity index (χ2n) is 8.08. The van der Waals surface area contributed by atoms with Gasteiger partial charge < -0.3 is 21.4 Å². The van der Waals surface area contributed by atoms with Crippen LogP contribution in [0.1, 0.15) is 35.3 Å². The molecule has 0 unspecified atom stereocenters. The van der Waals surface area contributed by atoms with Crippen molar-refractivity contribution in [3.63, 3.8) is 0 Å². The van der Waals surface area contributed by atoms with Crippen LogP contribution in [0, 0.1) is 0 Å². The first-order chi connectivity index (χ1) is 16.6. The highest BCUT2D eigenvalue weighted by molar-refractivity contribution is 6.31. The summed E-state index contributed by atoms with van der Waals surface area (Å²) in [5.74, 6) is -0.429. The lowest BCUT2D eigenvalue weighted by atomic mass is 10.1. The smallest absolute Gasteiger partial charge is 0.398 e. The highest BCUT2D eigenvalue weighted by Crippen LogP contribution is 2.32. The van der Waals surface area contributed by atoms with Gasteiger partial charge in [0, 0.05) is 33.9 Å². The molecule has 35 heavy (non-hydrogen) atoms. The number of H-pyrrole nitrogens is 1. The number of likely N-dealkylation sites (tertiary alicyclic amines) is 1. The summed E-state index contributed by atoms with van der Waals surface area (Å²) in [7, 11) is 2.19. The first-order valence-electron chi connectivity index (χ1n) is 10.9. The Kier molecular flexibility index (Phi) is 8.52. The second-order valence-corrected chi connectivity index (χ2v) is 8.52.